The van der Waals surface area contributed by atoms with E-state index < -0.39 is 15.7 Å². The van der Waals surface area contributed by atoms with Gasteiger partial charge in [-0.2, -0.15) is 0 Å². The number of nitrogens with two attached hydrogens (primary N) is 1. The first-order valence-electron chi connectivity index (χ1n) is 6.20. The predicted molar refractivity (Wildman–Crippen MR) is 85.1 cm³/mol. The van der Waals surface area contributed by atoms with Gasteiger partial charge >= 0.3 is 0 Å². The number of hydrogen-bond donors (Lipinski definition) is 1. The molecule has 2 N–H and O–H groups in total. The minimum Gasteiger partial charge on any atom is -0.389 e. The Morgan fingerprint density at radius 3 is 2.14 bits per heavy atom. The van der Waals surface area contributed by atoms with Gasteiger partial charge in [-0.1, -0.05) is 54.7 Å². The third-order valence-corrected chi connectivity index (χ3v) is 4.71. The van der Waals surface area contributed by atoms with Gasteiger partial charge < -0.3 is 5.73 Å². The number of rotatable bonds is 5. The lowest BCUT2D eigenvalue weighted by atomic mass is 10.1. The van der Waals surface area contributed by atoms with Crippen LogP contribution in [0.25, 0.3) is 0 Å². The van der Waals surface area contributed by atoms with Crippen molar-refractivity contribution in [2.75, 3.05) is 0 Å². The Morgan fingerprint density at radius 1 is 1.00 bits per heavy atom. The molecule has 2 aromatic carbocycles. The summed E-state index contributed by atoms with van der Waals surface area (Å²) >= 11 is 4.91. The van der Waals surface area contributed by atoms with Crippen LogP contribution in [0.1, 0.15) is 16.7 Å². The van der Waals surface area contributed by atoms with E-state index in [1.165, 1.54) is 18.2 Å². The van der Waals surface area contributed by atoms with Crippen LogP contribution < -0.4 is 5.73 Å². The van der Waals surface area contributed by atoms with Crippen molar-refractivity contribution in [2.24, 2.45) is 5.73 Å². The molecular formula is C15H14FNO2S2. The number of thiocarbonyl (C=S) groups is 1. The molecule has 0 aliphatic heterocycles. The number of benzene rings is 2. The van der Waals surface area contributed by atoms with E-state index >= 15 is 0 Å². The lowest BCUT2D eigenvalue weighted by Gasteiger charge is -2.09. The molecule has 0 amide bonds. The van der Waals surface area contributed by atoms with Crippen molar-refractivity contribution < 1.29 is 12.8 Å². The van der Waals surface area contributed by atoms with Crippen LogP contribution in [0.4, 0.5) is 4.39 Å². The lowest BCUT2D eigenvalue weighted by Crippen LogP contribution is -2.15. The van der Waals surface area contributed by atoms with E-state index in [1.807, 2.05) is 0 Å². The molecule has 21 heavy (non-hydrogen) atoms. The highest BCUT2D eigenvalue weighted by atomic mass is 32.2. The first-order valence-corrected chi connectivity index (χ1v) is 8.43. The molecule has 6 heteroatoms. The number of sulfone groups is 1. The zero-order chi connectivity index (χ0) is 15.5. The monoisotopic (exact) mass is 323 g/mol. The summed E-state index contributed by atoms with van der Waals surface area (Å²) in [5, 5.41) is 0. The fourth-order valence-corrected chi connectivity index (χ4v) is 3.76. The molecule has 0 heterocycles. The summed E-state index contributed by atoms with van der Waals surface area (Å²) in [6.45, 7) is 0. The molecule has 2 rings (SSSR count). The average Bonchev–Trinajstić information content (AvgIpc) is 2.41. The highest BCUT2D eigenvalue weighted by molar-refractivity contribution is 7.89. The molecule has 0 unspecified atom stereocenters. The van der Waals surface area contributed by atoms with Gasteiger partial charge in [0.1, 0.15) is 10.8 Å². The Hall–Kier alpha value is -1.79. The van der Waals surface area contributed by atoms with E-state index in [9.17, 15) is 12.8 Å². The van der Waals surface area contributed by atoms with E-state index in [0.717, 1.165) is 0 Å². The highest BCUT2D eigenvalue weighted by Crippen LogP contribution is 2.17. The van der Waals surface area contributed by atoms with Gasteiger partial charge in [0.2, 0.25) is 0 Å². The molecule has 0 aliphatic rings. The molecule has 0 saturated heterocycles. The zero-order valence-corrected chi connectivity index (χ0v) is 12.8. The number of hydrogen-bond acceptors (Lipinski definition) is 3. The Bertz CT molecular complexity index is 773. The Kier molecular flexibility index (Phi) is 4.69. The van der Waals surface area contributed by atoms with E-state index in [1.54, 1.807) is 30.3 Å². The summed E-state index contributed by atoms with van der Waals surface area (Å²) in [5.74, 6) is -1.11. The van der Waals surface area contributed by atoms with Gasteiger partial charge in [-0.05, 0) is 11.6 Å². The van der Waals surface area contributed by atoms with Crippen molar-refractivity contribution in [1.82, 2.24) is 0 Å². The molecule has 0 radical (unpaired) electrons. The second kappa shape index (κ2) is 6.32. The molecule has 2 aromatic rings. The first kappa shape index (κ1) is 15.6. The second-order valence-electron chi connectivity index (χ2n) is 4.65. The van der Waals surface area contributed by atoms with Crippen molar-refractivity contribution >= 4 is 27.0 Å². The molecule has 0 bridgehead atoms. The maximum atomic E-state index is 13.6. The predicted octanol–water partition coefficient (Wildman–Crippen LogP) is 2.57. The SMILES string of the molecule is NC(=S)c1ccccc1CS(=O)(=O)Cc1ccccc1F. The molecule has 0 spiro atoms. The standard InChI is InChI=1S/C15H14FNO2S2/c16-14-8-4-2-6-12(14)10-21(18,19)9-11-5-1-3-7-13(11)15(17)20/h1-8H,9-10H2,(H2,17,20). The van der Waals surface area contributed by atoms with Gasteiger partial charge in [0.15, 0.2) is 9.84 Å². The fraction of sp³-hybridized carbons (Fsp3) is 0.133. The summed E-state index contributed by atoms with van der Waals surface area (Å²) in [4.78, 5) is 0.145. The van der Waals surface area contributed by atoms with E-state index in [2.05, 4.69) is 0 Å². The summed E-state index contributed by atoms with van der Waals surface area (Å²) in [5.41, 5.74) is 6.81. The quantitative estimate of drug-likeness (QED) is 0.859. The number of halogens is 1. The summed E-state index contributed by atoms with van der Waals surface area (Å²) in [6.07, 6.45) is 0. The maximum absolute atomic E-state index is 13.6. The third-order valence-electron chi connectivity index (χ3n) is 2.99. The van der Waals surface area contributed by atoms with Crippen LogP contribution in [-0.2, 0) is 21.3 Å². The summed E-state index contributed by atoms with van der Waals surface area (Å²) in [7, 11) is -3.52. The topological polar surface area (TPSA) is 60.2 Å². The van der Waals surface area contributed by atoms with Gasteiger partial charge in [0.05, 0.1) is 11.5 Å². The fourth-order valence-electron chi connectivity index (χ4n) is 2.03. The smallest absolute Gasteiger partial charge is 0.158 e. The van der Waals surface area contributed by atoms with Crippen LogP contribution >= 0.6 is 12.2 Å². The third kappa shape index (κ3) is 4.09. The van der Waals surface area contributed by atoms with Crippen molar-refractivity contribution in [3.05, 3.63) is 71.0 Å². The Morgan fingerprint density at radius 2 is 1.52 bits per heavy atom. The molecule has 0 fully saturated rings. The van der Waals surface area contributed by atoms with Gasteiger partial charge in [-0.3, -0.25) is 0 Å². The Labute approximate surface area is 128 Å². The van der Waals surface area contributed by atoms with Crippen LogP contribution in [0.2, 0.25) is 0 Å². The second-order valence-corrected chi connectivity index (χ2v) is 7.15. The van der Waals surface area contributed by atoms with Crippen LogP contribution in [0.3, 0.4) is 0 Å². The average molecular weight is 323 g/mol. The van der Waals surface area contributed by atoms with Gasteiger partial charge in [-0.15, -0.1) is 0 Å². The van der Waals surface area contributed by atoms with Gasteiger partial charge in [0.25, 0.3) is 0 Å². The minimum atomic E-state index is -3.52. The largest absolute Gasteiger partial charge is 0.389 e. The normalized spacial score (nSPS) is 11.3. The molecule has 0 aromatic heterocycles. The maximum Gasteiger partial charge on any atom is 0.158 e. The lowest BCUT2D eigenvalue weighted by molar-refractivity contribution is 0.586. The first-order chi connectivity index (χ1) is 9.89. The molecule has 3 nitrogen and oxygen atoms in total. The highest BCUT2D eigenvalue weighted by Gasteiger charge is 2.17. The van der Waals surface area contributed by atoms with Crippen LogP contribution in [-0.4, -0.2) is 13.4 Å². The van der Waals surface area contributed by atoms with E-state index in [0.29, 0.717) is 11.1 Å². The summed E-state index contributed by atoms with van der Waals surface area (Å²) in [6, 6.07) is 12.6. The molecule has 0 saturated carbocycles. The van der Waals surface area contributed by atoms with Crippen molar-refractivity contribution in [3.8, 4) is 0 Å². The van der Waals surface area contributed by atoms with Crippen molar-refractivity contribution in [1.29, 1.82) is 0 Å². The molecular weight excluding hydrogens is 309 g/mol. The van der Waals surface area contributed by atoms with E-state index in [4.69, 9.17) is 18.0 Å². The zero-order valence-electron chi connectivity index (χ0n) is 11.1. The van der Waals surface area contributed by atoms with Crippen LogP contribution in [0.15, 0.2) is 48.5 Å². The molecule has 0 aliphatic carbocycles. The summed E-state index contributed by atoms with van der Waals surface area (Å²) < 4.78 is 38.1. The van der Waals surface area contributed by atoms with Crippen LogP contribution in [0, 0.1) is 5.82 Å². The minimum absolute atomic E-state index is 0.145. The van der Waals surface area contributed by atoms with Crippen molar-refractivity contribution in [2.45, 2.75) is 11.5 Å². The van der Waals surface area contributed by atoms with E-state index in [-0.39, 0.29) is 22.1 Å². The Balaban J connectivity index is 2.27. The van der Waals surface area contributed by atoms with Gasteiger partial charge in [0, 0.05) is 11.1 Å². The molecule has 110 valence electrons. The van der Waals surface area contributed by atoms with Crippen LogP contribution in [0.5, 0.6) is 0 Å². The van der Waals surface area contributed by atoms with Crippen molar-refractivity contribution in [3.63, 3.8) is 0 Å². The molecule has 0 atom stereocenters. The van der Waals surface area contributed by atoms with Gasteiger partial charge in [-0.25, -0.2) is 12.8 Å².